The zero-order valence-corrected chi connectivity index (χ0v) is 25.1. The number of ether oxygens (including phenoxy) is 1. The second-order valence-electron chi connectivity index (χ2n) is 11.6. The smallest absolute Gasteiger partial charge is 0.407 e. The molecule has 9 heteroatoms. The molecule has 4 N–H and O–H groups in total. The lowest BCUT2D eigenvalue weighted by Gasteiger charge is -2.33. The molecule has 0 bridgehead atoms. The van der Waals surface area contributed by atoms with Gasteiger partial charge in [-0.3, -0.25) is 4.79 Å². The molecule has 9 nitrogen and oxygen atoms in total. The van der Waals surface area contributed by atoms with Crippen LogP contribution in [0.25, 0.3) is 0 Å². The first-order valence-electron chi connectivity index (χ1n) is 14.9. The third kappa shape index (κ3) is 11.7. The number of nitrogens with one attached hydrogen (secondary N) is 4. The Morgan fingerprint density at radius 1 is 0.854 bits per heavy atom. The van der Waals surface area contributed by atoms with E-state index in [1.54, 1.807) is 24.3 Å². The Morgan fingerprint density at radius 2 is 1.51 bits per heavy atom. The van der Waals surface area contributed by atoms with Crippen molar-refractivity contribution >= 4 is 29.4 Å². The Hall–Kier alpha value is -3.75. The summed E-state index contributed by atoms with van der Waals surface area (Å²) in [5, 5.41) is 12.1. The van der Waals surface area contributed by atoms with Crippen molar-refractivity contribution in [1.29, 1.82) is 0 Å². The number of alkyl carbamates (subject to hydrolysis) is 1. The molecule has 0 unspecified atom stereocenters. The van der Waals surface area contributed by atoms with Gasteiger partial charge in [0.25, 0.3) is 5.91 Å². The Labute approximate surface area is 244 Å². The average Bonchev–Trinajstić information content (AvgIpc) is 2.93. The van der Waals surface area contributed by atoms with Gasteiger partial charge in [-0.2, -0.15) is 0 Å². The monoisotopic (exact) mass is 565 g/mol. The van der Waals surface area contributed by atoms with Crippen LogP contribution >= 0.6 is 0 Å². The van der Waals surface area contributed by atoms with Crippen molar-refractivity contribution in [2.75, 3.05) is 36.8 Å². The third-order valence-electron chi connectivity index (χ3n) is 6.89. The van der Waals surface area contributed by atoms with Crippen LogP contribution in [0.2, 0.25) is 0 Å². The SMILES string of the molecule is CCCCCCNC(=O)Nc1ccc(C(=O)N2CCC(Nc3ccc(CCNC(=O)OC(C)(C)C)cc3)CC2)cc1. The maximum atomic E-state index is 13.0. The van der Waals surface area contributed by atoms with E-state index in [0.717, 1.165) is 43.4 Å². The predicted molar refractivity (Wildman–Crippen MR) is 165 cm³/mol. The summed E-state index contributed by atoms with van der Waals surface area (Å²) in [5.74, 6) is 0.0136. The van der Waals surface area contributed by atoms with Gasteiger partial charge >= 0.3 is 12.1 Å². The van der Waals surface area contributed by atoms with Crippen molar-refractivity contribution in [1.82, 2.24) is 15.5 Å². The number of likely N-dealkylation sites (tertiary alicyclic amines) is 1. The molecule has 224 valence electrons. The molecular formula is C32H47N5O4. The molecule has 1 heterocycles. The molecule has 0 aliphatic carbocycles. The van der Waals surface area contributed by atoms with E-state index < -0.39 is 11.7 Å². The van der Waals surface area contributed by atoms with Crippen LogP contribution in [-0.4, -0.2) is 60.8 Å². The first-order chi connectivity index (χ1) is 19.6. The van der Waals surface area contributed by atoms with Crippen molar-refractivity contribution in [2.45, 2.75) is 84.3 Å². The normalized spacial score (nSPS) is 13.8. The number of urea groups is 1. The van der Waals surface area contributed by atoms with Gasteiger partial charge in [0.05, 0.1) is 0 Å². The van der Waals surface area contributed by atoms with E-state index in [9.17, 15) is 14.4 Å². The van der Waals surface area contributed by atoms with Crippen LogP contribution in [0.15, 0.2) is 48.5 Å². The molecule has 1 saturated heterocycles. The average molecular weight is 566 g/mol. The fraction of sp³-hybridized carbons (Fsp3) is 0.531. The number of hydrogen-bond acceptors (Lipinski definition) is 5. The van der Waals surface area contributed by atoms with E-state index >= 15 is 0 Å². The number of carbonyl (C=O) groups excluding carboxylic acids is 3. The number of unbranched alkanes of at least 4 members (excludes halogenated alkanes) is 3. The molecule has 0 atom stereocenters. The van der Waals surface area contributed by atoms with Gasteiger partial charge in [0, 0.05) is 49.2 Å². The number of benzene rings is 2. The highest BCUT2D eigenvalue weighted by Crippen LogP contribution is 2.20. The number of piperidine rings is 1. The number of carbonyl (C=O) groups is 3. The molecule has 3 rings (SSSR count). The summed E-state index contributed by atoms with van der Waals surface area (Å²) in [6, 6.07) is 15.4. The van der Waals surface area contributed by atoms with E-state index in [4.69, 9.17) is 4.74 Å². The summed E-state index contributed by atoms with van der Waals surface area (Å²) in [4.78, 5) is 38.8. The largest absolute Gasteiger partial charge is 0.444 e. The molecule has 2 aromatic carbocycles. The van der Waals surface area contributed by atoms with Gasteiger partial charge in [-0.1, -0.05) is 38.3 Å². The van der Waals surface area contributed by atoms with Gasteiger partial charge in [0.15, 0.2) is 0 Å². The van der Waals surface area contributed by atoms with Crippen LogP contribution in [0.4, 0.5) is 21.0 Å². The van der Waals surface area contributed by atoms with Crippen LogP contribution in [0.3, 0.4) is 0 Å². The molecule has 1 fully saturated rings. The molecular weight excluding hydrogens is 518 g/mol. The molecule has 1 aliphatic rings. The van der Waals surface area contributed by atoms with Crippen molar-refractivity contribution < 1.29 is 19.1 Å². The predicted octanol–water partition coefficient (Wildman–Crippen LogP) is 6.17. The van der Waals surface area contributed by atoms with Gasteiger partial charge in [0.1, 0.15) is 5.60 Å². The van der Waals surface area contributed by atoms with Crippen LogP contribution in [0, 0.1) is 0 Å². The lowest BCUT2D eigenvalue weighted by atomic mass is 10.0. The second-order valence-corrected chi connectivity index (χ2v) is 11.6. The summed E-state index contributed by atoms with van der Waals surface area (Å²) >= 11 is 0. The summed E-state index contributed by atoms with van der Waals surface area (Å²) in [5.41, 5.74) is 2.97. The summed E-state index contributed by atoms with van der Waals surface area (Å²) in [6.07, 6.45) is 6.50. The van der Waals surface area contributed by atoms with Crippen LogP contribution in [-0.2, 0) is 11.2 Å². The Bertz CT molecular complexity index is 1100. The molecule has 1 aliphatic heterocycles. The highest BCUT2D eigenvalue weighted by molar-refractivity contribution is 5.95. The Balaban J connectivity index is 1.36. The maximum Gasteiger partial charge on any atom is 0.407 e. The molecule has 0 radical (unpaired) electrons. The van der Waals surface area contributed by atoms with Crippen molar-refractivity contribution in [2.24, 2.45) is 0 Å². The van der Waals surface area contributed by atoms with E-state index in [-0.39, 0.29) is 11.9 Å². The zero-order chi connectivity index (χ0) is 29.7. The highest BCUT2D eigenvalue weighted by atomic mass is 16.6. The minimum atomic E-state index is -0.503. The van der Waals surface area contributed by atoms with Gasteiger partial charge in [0.2, 0.25) is 0 Å². The number of rotatable bonds is 12. The molecule has 0 spiro atoms. The van der Waals surface area contributed by atoms with Crippen molar-refractivity contribution in [3.63, 3.8) is 0 Å². The molecule has 0 saturated carbocycles. The Kier molecular flexibility index (Phi) is 12.3. The number of nitrogens with zero attached hydrogens (tertiary/aromatic N) is 1. The summed E-state index contributed by atoms with van der Waals surface area (Å²) < 4.78 is 5.26. The number of hydrogen-bond donors (Lipinski definition) is 4. The standard InChI is InChI=1S/C32H47N5O4/c1-5-6-7-8-20-33-30(39)36-27-15-11-25(12-16-27)29(38)37-22-18-28(19-23-37)35-26-13-9-24(10-14-26)17-21-34-31(40)41-32(2,3)4/h9-16,28,35H,5-8,17-23H2,1-4H3,(H,34,40)(H2,33,36,39). The van der Waals surface area contributed by atoms with E-state index in [0.29, 0.717) is 43.5 Å². The first-order valence-corrected chi connectivity index (χ1v) is 14.9. The zero-order valence-electron chi connectivity index (χ0n) is 25.1. The highest BCUT2D eigenvalue weighted by Gasteiger charge is 2.23. The summed E-state index contributed by atoms with van der Waals surface area (Å²) in [7, 11) is 0. The van der Waals surface area contributed by atoms with E-state index in [1.165, 1.54) is 12.8 Å². The fourth-order valence-corrected chi connectivity index (χ4v) is 4.66. The minimum Gasteiger partial charge on any atom is -0.444 e. The number of anilines is 2. The van der Waals surface area contributed by atoms with Gasteiger partial charge in [-0.05, 0) is 88.4 Å². The molecule has 41 heavy (non-hydrogen) atoms. The lowest BCUT2D eigenvalue weighted by Crippen LogP contribution is -2.42. The summed E-state index contributed by atoms with van der Waals surface area (Å²) in [6.45, 7) is 10.2. The lowest BCUT2D eigenvalue weighted by molar-refractivity contribution is 0.0528. The molecule has 4 amide bonds. The van der Waals surface area contributed by atoms with E-state index in [1.807, 2.05) is 25.7 Å². The van der Waals surface area contributed by atoms with Gasteiger partial charge < -0.3 is 30.9 Å². The Morgan fingerprint density at radius 3 is 2.15 bits per heavy atom. The minimum absolute atomic E-state index is 0.0136. The quantitative estimate of drug-likeness (QED) is 0.230. The van der Waals surface area contributed by atoms with Crippen molar-refractivity contribution in [3.8, 4) is 0 Å². The molecule has 2 aromatic rings. The first kappa shape index (κ1) is 31.8. The van der Waals surface area contributed by atoms with Crippen LogP contribution < -0.4 is 21.3 Å². The van der Waals surface area contributed by atoms with Crippen LogP contribution in [0.1, 0.15) is 82.1 Å². The fourth-order valence-electron chi connectivity index (χ4n) is 4.66. The maximum absolute atomic E-state index is 13.0. The van der Waals surface area contributed by atoms with Gasteiger partial charge in [-0.15, -0.1) is 0 Å². The topological polar surface area (TPSA) is 112 Å². The van der Waals surface area contributed by atoms with Gasteiger partial charge in [-0.25, -0.2) is 9.59 Å². The third-order valence-corrected chi connectivity index (χ3v) is 6.89. The van der Waals surface area contributed by atoms with Crippen molar-refractivity contribution in [3.05, 3.63) is 59.7 Å². The number of amides is 4. The van der Waals surface area contributed by atoms with Crippen LogP contribution in [0.5, 0.6) is 0 Å². The van der Waals surface area contributed by atoms with E-state index in [2.05, 4.69) is 52.5 Å². The molecule has 0 aromatic heterocycles. The second kappa shape index (κ2) is 15.9.